The van der Waals surface area contributed by atoms with Gasteiger partial charge < -0.3 is 15.3 Å². The third-order valence-corrected chi connectivity index (χ3v) is 3.60. The molecular weight excluding hydrogens is 282 g/mol. The van der Waals surface area contributed by atoms with Crippen molar-refractivity contribution >= 4 is 17.7 Å². The van der Waals surface area contributed by atoms with E-state index >= 15 is 0 Å². The van der Waals surface area contributed by atoms with Gasteiger partial charge in [-0.2, -0.15) is 0 Å². The van der Waals surface area contributed by atoms with Crippen molar-refractivity contribution in [2.24, 2.45) is 5.92 Å². The Morgan fingerprint density at radius 2 is 1.81 bits per heavy atom. The number of hydrogen-bond acceptors (Lipinski definition) is 2. The number of amides is 2. The lowest BCUT2D eigenvalue weighted by atomic mass is 10.00. The van der Waals surface area contributed by atoms with Crippen LogP contribution >= 0.6 is 0 Å². The summed E-state index contributed by atoms with van der Waals surface area (Å²) in [4.78, 5) is 24.6. The fourth-order valence-electron chi connectivity index (χ4n) is 2.23. The van der Waals surface area contributed by atoms with Crippen LogP contribution in [0.1, 0.15) is 30.1 Å². The molecule has 2 rings (SSSR count). The lowest BCUT2D eigenvalue weighted by molar-refractivity contribution is 0.0697. The monoisotopic (exact) mass is 298 g/mol. The van der Waals surface area contributed by atoms with Crippen LogP contribution in [-0.2, 0) is 0 Å². The van der Waals surface area contributed by atoms with Gasteiger partial charge in [0.05, 0.1) is 11.3 Å². The van der Waals surface area contributed by atoms with E-state index in [4.69, 9.17) is 5.11 Å². The zero-order valence-corrected chi connectivity index (χ0v) is 11.5. The summed E-state index contributed by atoms with van der Waals surface area (Å²) in [5, 5.41) is 11.3. The molecule has 1 aliphatic heterocycles. The summed E-state index contributed by atoms with van der Waals surface area (Å²) < 4.78 is 26.3. The number of carbonyl (C=O) groups excluding carboxylic acids is 1. The summed E-state index contributed by atoms with van der Waals surface area (Å²) in [5.41, 5.74) is -0.724. The predicted octanol–water partition coefficient (Wildman–Crippen LogP) is 2.93. The highest BCUT2D eigenvalue weighted by atomic mass is 19.2. The summed E-state index contributed by atoms with van der Waals surface area (Å²) >= 11 is 0. The first-order valence-corrected chi connectivity index (χ1v) is 6.66. The van der Waals surface area contributed by atoms with Gasteiger partial charge in [0.1, 0.15) is 0 Å². The summed E-state index contributed by atoms with van der Waals surface area (Å²) in [5.74, 6) is -3.37. The van der Waals surface area contributed by atoms with E-state index in [-0.39, 0.29) is 5.69 Å². The third kappa shape index (κ3) is 3.48. The zero-order valence-electron chi connectivity index (χ0n) is 11.5. The zero-order chi connectivity index (χ0) is 15.6. The number of carbonyl (C=O) groups is 2. The maximum atomic E-state index is 13.2. The molecule has 2 N–H and O–H groups in total. The van der Waals surface area contributed by atoms with Crippen LogP contribution in [0.15, 0.2) is 12.1 Å². The van der Waals surface area contributed by atoms with Crippen LogP contribution in [0.5, 0.6) is 0 Å². The molecule has 0 atom stereocenters. The number of rotatable bonds is 2. The fourth-order valence-corrected chi connectivity index (χ4v) is 2.23. The van der Waals surface area contributed by atoms with Gasteiger partial charge in [-0.3, -0.25) is 0 Å². The minimum Gasteiger partial charge on any atom is -0.478 e. The van der Waals surface area contributed by atoms with Crippen LogP contribution in [0.3, 0.4) is 0 Å². The molecule has 1 heterocycles. The lowest BCUT2D eigenvalue weighted by Crippen LogP contribution is -2.40. The first-order valence-electron chi connectivity index (χ1n) is 6.66. The Morgan fingerprint density at radius 1 is 1.24 bits per heavy atom. The van der Waals surface area contributed by atoms with Crippen molar-refractivity contribution in [1.82, 2.24) is 4.90 Å². The largest absolute Gasteiger partial charge is 0.478 e. The van der Waals surface area contributed by atoms with E-state index in [1.54, 1.807) is 0 Å². The molecule has 7 heteroatoms. The molecule has 0 unspecified atom stereocenters. The Balaban J connectivity index is 2.17. The summed E-state index contributed by atoms with van der Waals surface area (Å²) in [6.07, 6.45) is 1.72. The van der Waals surface area contributed by atoms with Crippen molar-refractivity contribution in [2.75, 3.05) is 18.4 Å². The number of nitrogens with one attached hydrogen (secondary N) is 1. The second-order valence-electron chi connectivity index (χ2n) is 5.22. The Kier molecular flexibility index (Phi) is 4.40. The van der Waals surface area contributed by atoms with Crippen molar-refractivity contribution in [2.45, 2.75) is 19.8 Å². The molecule has 0 aliphatic carbocycles. The molecular formula is C14H16F2N2O3. The number of halogens is 2. The van der Waals surface area contributed by atoms with E-state index in [9.17, 15) is 18.4 Å². The molecule has 1 aliphatic rings. The number of aromatic carboxylic acids is 1. The van der Waals surface area contributed by atoms with E-state index in [2.05, 4.69) is 12.2 Å². The minimum absolute atomic E-state index is 0.245. The van der Waals surface area contributed by atoms with Gasteiger partial charge in [-0.25, -0.2) is 18.4 Å². The van der Waals surface area contributed by atoms with Gasteiger partial charge in [-0.15, -0.1) is 0 Å². The molecule has 0 saturated carbocycles. The van der Waals surface area contributed by atoms with Crippen molar-refractivity contribution in [3.63, 3.8) is 0 Å². The van der Waals surface area contributed by atoms with E-state index < -0.39 is 29.2 Å². The van der Waals surface area contributed by atoms with Gasteiger partial charge in [-0.1, -0.05) is 6.92 Å². The second kappa shape index (κ2) is 6.07. The third-order valence-electron chi connectivity index (χ3n) is 3.60. The molecule has 0 radical (unpaired) electrons. The van der Waals surface area contributed by atoms with E-state index in [0.29, 0.717) is 31.1 Å². The second-order valence-corrected chi connectivity index (χ2v) is 5.22. The summed E-state index contributed by atoms with van der Waals surface area (Å²) in [6, 6.07) is 0.741. The quantitative estimate of drug-likeness (QED) is 0.882. The van der Waals surface area contributed by atoms with Crippen molar-refractivity contribution in [3.05, 3.63) is 29.3 Å². The standard InChI is InChI=1S/C14H16F2N2O3/c1-8-2-4-18(5-3-8)14(21)17-12-7-11(16)10(15)6-9(12)13(19)20/h6-8H,2-5H2,1H3,(H,17,21)(H,19,20). The Bertz CT molecular complexity index is 570. The number of benzene rings is 1. The van der Waals surface area contributed by atoms with Crippen molar-refractivity contribution in [3.8, 4) is 0 Å². The minimum atomic E-state index is -1.43. The molecule has 1 aromatic rings. The van der Waals surface area contributed by atoms with Gasteiger partial charge >= 0.3 is 12.0 Å². The summed E-state index contributed by atoms with van der Waals surface area (Å²) in [7, 11) is 0. The molecule has 0 spiro atoms. The Morgan fingerprint density at radius 3 is 2.38 bits per heavy atom. The van der Waals surface area contributed by atoms with Gasteiger partial charge in [0.15, 0.2) is 11.6 Å². The van der Waals surface area contributed by atoms with Crippen LogP contribution in [0.25, 0.3) is 0 Å². The number of carboxylic acid groups (broad SMARTS) is 1. The smallest absolute Gasteiger partial charge is 0.337 e. The van der Waals surface area contributed by atoms with Crippen LogP contribution in [0.2, 0.25) is 0 Å². The maximum absolute atomic E-state index is 13.2. The molecule has 0 bridgehead atoms. The number of nitrogens with zero attached hydrogens (tertiary/aromatic N) is 1. The predicted molar refractivity (Wildman–Crippen MR) is 72.3 cm³/mol. The van der Waals surface area contributed by atoms with Gasteiger partial charge in [0.2, 0.25) is 0 Å². The molecule has 2 amide bonds. The van der Waals surface area contributed by atoms with Crippen molar-refractivity contribution in [1.29, 1.82) is 0 Å². The number of anilines is 1. The molecule has 1 aromatic carbocycles. The van der Waals surface area contributed by atoms with Gasteiger partial charge in [0, 0.05) is 19.2 Å². The van der Waals surface area contributed by atoms with Crippen LogP contribution < -0.4 is 5.32 Å². The Hall–Kier alpha value is -2.18. The Labute approximate surface area is 120 Å². The van der Waals surface area contributed by atoms with Gasteiger partial charge in [-0.05, 0) is 24.8 Å². The number of hydrogen-bond donors (Lipinski definition) is 2. The van der Waals surface area contributed by atoms with Crippen LogP contribution in [0.4, 0.5) is 19.3 Å². The highest BCUT2D eigenvalue weighted by Crippen LogP contribution is 2.22. The lowest BCUT2D eigenvalue weighted by Gasteiger charge is -2.30. The van der Waals surface area contributed by atoms with Crippen LogP contribution in [0, 0.1) is 17.6 Å². The van der Waals surface area contributed by atoms with E-state index in [1.807, 2.05) is 0 Å². The van der Waals surface area contributed by atoms with E-state index in [1.165, 1.54) is 4.90 Å². The normalized spacial score (nSPS) is 15.9. The number of urea groups is 1. The fraction of sp³-hybridized carbons (Fsp3) is 0.429. The summed E-state index contributed by atoms with van der Waals surface area (Å²) in [6.45, 7) is 3.20. The molecule has 1 saturated heterocycles. The average molecular weight is 298 g/mol. The van der Waals surface area contributed by atoms with Gasteiger partial charge in [0.25, 0.3) is 0 Å². The number of piperidine rings is 1. The molecule has 1 fully saturated rings. The number of carboxylic acids is 1. The average Bonchev–Trinajstić information content (AvgIpc) is 2.43. The molecule has 114 valence electrons. The topological polar surface area (TPSA) is 69.6 Å². The van der Waals surface area contributed by atoms with Crippen LogP contribution in [-0.4, -0.2) is 35.1 Å². The molecule has 0 aromatic heterocycles. The van der Waals surface area contributed by atoms with Crippen molar-refractivity contribution < 1.29 is 23.5 Å². The van der Waals surface area contributed by atoms with E-state index in [0.717, 1.165) is 12.8 Å². The highest BCUT2D eigenvalue weighted by Gasteiger charge is 2.23. The molecule has 21 heavy (non-hydrogen) atoms. The SMILES string of the molecule is CC1CCN(C(=O)Nc2cc(F)c(F)cc2C(=O)O)CC1. The number of likely N-dealkylation sites (tertiary alicyclic amines) is 1. The first kappa shape index (κ1) is 15.2. The highest BCUT2D eigenvalue weighted by molar-refractivity contribution is 6.00. The first-order chi connectivity index (χ1) is 9.88. The molecule has 5 nitrogen and oxygen atoms in total. The maximum Gasteiger partial charge on any atom is 0.337 e.